The number of benzene rings is 1. The van der Waals surface area contributed by atoms with Gasteiger partial charge in [0.05, 0.1) is 0 Å². The number of guanidine groups is 1. The Hall–Kier alpha value is -2.30. The number of nitrogens with one attached hydrogen (secondary N) is 2. The van der Waals surface area contributed by atoms with Crippen LogP contribution in [0, 0.1) is 5.82 Å². The molecule has 1 heterocycles. The summed E-state index contributed by atoms with van der Waals surface area (Å²) in [6, 6.07) is 8.83. The summed E-state index contributed by atoms with van der Waals surface area (Å²) >= 11 is 0. The highest BCUT2D eigenvalue weighted by atomic mass is 19.1. The van der Waals surface area contributed by atoms with Gasteiger partial charge in [0.2, 0.25) is 0 Å². The Morgan fingerprint density at radius 2 is 2.09 bits per heavy atom. The maximum Gasteiger partial charge on any atom is 0.191 e. The molecule has 0 atom stereocenters. The molecule has 22 heavy (non-hydrogen) atoms. The second-order valence-electron chi connectivity index (χ2n) is 5.27. The fourth-order valence-electron chi connectivity index (χ4n) is 2.26. The zero-order valence-electron chi connectivity index (χ0n) is 13.1. The molecule has 0 aliphatic rings. The van der Waals surface area contributed by atoms with Crippen LogP contribution in [0.25, 0.3) is 0 Å². The summed E-state index contributed by atoms with van der Waals surface area (Å²) in [5.74, 6) is 0.605. The third kappa shape index (κ3) is 5.24. The largest absolute Gasteiger partial charge is 0.357 e. The molecule has 0 amide bonds. The molecular weight excluding hydrogens is 279 g/mol. The van der Waals surface area contributed by atoms with E-state index in [4.69, 9.17) is 0 Å². The average Bonchev–Trinajstić information content (AvgIpc) is 2.92. The Morgan fingerprint density at radius 3 is 2.77 bits per heavy atom. The molecule has 2 N–H and O–H groups in total. The number of aryl methyl sites for hydroxylation is 2. The van der Waals surface area contributed by atoms with Gasteiger partial charge in [-0.3, -0.25) is 4.99 Å². The van der Waals surface area contributed by atoms with Crippen molar-refractivity contribution in [1.29, 1.82) is 0 Å². The van der Waals surface area contributed by atoms with Crippen LogP contribution in [0.3, 0.4) is 0 Å². The predicted molar refractivity (Wildman–Crippen MR) is 88.3 cm³/mol. The molecule has 0 bridgehead atoms. The molecular formula is C17H23FN4. The van der Waals surface area contributed by atoms with Crippen LogP contribution in [0.15, 0.2) is 47.7 Å². The van der Waals surface area contributed by atoms with Crippen molar-refractivity contribution in [2.45, 2.75) is 19.4 Å². The van der Waals surface area contributed by atoms with Crippen molar-refractivity contribution in [2.75, 3.05) is 13.6 Å². The summed E-state index contributed by atoms with van der Waals surface area (Å²) in [7, 11) is 3.76. The summed E-state index contributed by atoms with van der Waals surface area (Å²) in [5, 5.41) is 6.54. The maximum absolute atomic E-state index is 13.1. The van der Waals surface area contributed by atoms with E-state index >= 15 is 0 Å². The predicted octanol–water partition coefficient (Wildman–Crippen LogP) is 2.46. The molecule has 0 aliphatic heterocycles. The monoisotopic (exact) mass is 302 g/mol. The van der Waals surface area contributed by atoms with Gasteiger partial charge in [-0.05, 0) is 42.2 Å². The first-order valence-electron chi connectivity index (χ1n) is 7.47. The summed E-state index contributed by atoms with van der Waals surface area (Å²) in [6.07, 6.45) is 5.87. The Balaban J connectivity index is 1.68. The van der Waals surface area contributed by atoms with Crippen molar-refractivity contribution in [3.63, 3.8) is 0 Å². The van der Waals surface area contributed by atoms with Gasteiger partial charge < -0.3 is 15.2 Å². The second kappa shape index (κ2) is 8.22. The molecule has 2 aromatic rings. The van der Waals surface area contributed by atoms with Crippen LogP contribution in [0.2, 0.25) is 0 Å². The highest BCUT2D eigenvalue weighted by Gasteiger charge is 2.00. The summed E-state index contributed by atoms with van der Waals surface area (Å²) in [6.45, 7) is 1.54. The smallest absolute Gasteiger partial charge is 0.191 e. The highest BCUT2D eigenvalue weighted by Crippen LogP contribution is 2.05. The standard InChI is InChI=1S/C17H23FN4/c1-19-17(21-12-15-8-10-22(2)13-15)20-9-4-6-14-5-3-7-16(18)11-14/h3,5,7-8,10-11,13H,4,6,9,12H2,1-2H3,(H2,19,20,21). The van der Waals surface area contributed by atoms with E-state index in [1.165, 1.54) is 11.6 Å². The van der Waals surface area contributed by atoms with Gasteiger partial charge in [-0.15, -0.1) is 0 Å². The zero-order valence-corrected chi connectivity index (χ0v) is 13.1. The fourth-order valence-corrected chi connectivity index (χ4v) is 2.26. The van der Waals surface area contributed by atoms with Crippen LogP contribution in [0.5, 0.6) is 0 Å². The minimum absolute atomic E-state index is 0.175. The van der Waals surface area contributed by atoms with Crippen LogP contribution in [-0.4, -0.2) is 24.1 Å². The minimum atomic E-state index is -0.175. The Morgan fingerprint density at radius 1 is 1.23 bits per heavy atom. The van der Waals surface area contributed by atoms with Gasteiger partial charge in [0.25, 0.3) is 0 Å². The van der Waals surface area contributed by atoms with E-state index in [0.717, 1.165) is 37.5 Å². The quantitative estimate of drug-likeness (QED) is 0.489. The number of hydrogen-bond acceptors (Lipinski definition) is 1. The molecule has 0 saturated carbocycles. The Bertz CT molecular complexity index is 619. The zero-order chi connectivity index (χ0) is 15.8. The van der Waals surface area contributed by atoms with Gasteiger partial charge in [-0.2, -0.15) is 0 Å². The molecule has 0 aliphatic carbocycles. The first-order valence-corrected chi connectivity index (χ1v) is 7.47. The molecule has 0 fully saturated rings. The lowest BCUT2D eigenvalue weighted by molar-refractivity contribution is 0.624. The Labute approximate surface area is 131 Å². The molecule has 0 unspecified atom stereocenters. The number of nitrogens with zero attached hydrogens (tertiary/aromatic N) is 2. The molecule has 4 nitrogen and oxygen atoms in total. The van der Waals surface area contributed by atoms with Crippen molar-refractivity contribution >= 4 is 5.96 Å². The topological polar surface area (TPSA) is 41.4 Å². The first kappa shape index (κ1) is 16.1. The molecule has 1 aromatic carbocycles. The molecule has 5 heteroatoms. The first-order chi connectivity index (χ1) is 10.7. The normalized spacial score (nSPS) is 11.5. The van der Waals surface area contributed by atoms with Crippen LogP contribution >= 0.6 is 0 Å². The number of aliphatic imine (C=N–C) groups is 1. The Kier molecular flexibility index (Phi) is 6.01. The molecule has 0 spiro atoms. The average molecular weight is 302 g/mol. The summed E-state index contributed by atoms with van der Waals surface area (Å²) in [5.41, 5.74) is 2.24. The van der Waals surface area contributed by atoms with Gasteiger partial charge in [0.1, 0.15) is 5.82 Å². The van der Waals surface area contributed by atoms with E-state index in [1.807, 2.05) is 23.9 Å². The van der Waals surface area contributed by atoms with E-state index in [0.29, 0.717) is 0 Å². The van der Waals surface area contributed by atoms with Crippen LogP contribution < -0.4 is 10.6 Å². The van der Waals surface area contributed by atoms with E-state index in [9.17, 15) is 4.39 Å². The van der Waals surface area contributed by atoms with Gasteiger partial charge in [0.15, 0.2) is 5.96 Å². The van der Waals surface area contributed by atoms with Crippen molar-refractivity contribution in [2.24, 2.45) is 12.0 Å². The van der Waals surface area contributed by atoms with E-state index < -0.39 is 0 Å². The van der Waals surface area contributed by atoms with Crippen LogP contribution in [0.1, 0.15) is 17.5 Å². The molecule has 0 radical (unpaired) electrons. The fraction of sp³-hybridized carbons (Fsp3) is 0.353. The van der Waals surface area contributed by atoms with E-state index in [2.05, 4.69) is 27.9 Å². The van der Waals surface area contributed by atoms with Crippen molar-refractivity contribution in [3.05, 3.63) is 59.7 Å². The van der Waals surface area contributed by atoms with E-state index in [-0.39, 0.29) is 5.82 Å². The van der Waals surface area contributed by atoms with Crippen LogP contribution in [-0.2, 0) is 20.0 Å². The lowest BCUT2D eigenvalue weighted by Crippen LogP contribution is -2.37. The number of hydrogen-bond donors (Lipinski definition) is 2. The summed E-state index contributed by atoms with van der Waals surface area (Å²) < 4.78 is 15.1. The third-order valence-electron chi connectivity index (χ3n) is 3.40. The SMILES string of the molecule is CN=C(NCCCc1cccc(F)c1)NCc1ccn(C)c1. The number of aromatic nitrogens is 1. The van der Waals surface area contributed by atoms with Crippen molar-refractivity contribution in [1.82, 2.24) is 15.2 Å². The van der Waals surface area contributed by atoms with Gasteiger partial charge in [-0.25, -0.2) is 4.39 Å². The second-order valence-corrected chi connectivity index (χ2v) is 5.27. The van der Waals surface area contributed by atoms with E-state index in [1.54, 1.807) is 19.2 Å². The van der Waals surface area contributed by atoms with Crippen molar-refractivity contribution in [3.8, 4) is 0 Å². The molecule has 2 rings (SSSR count). The highest BCUT2D eigenvalue weighted by molar-refractivity contribution is 5.79. The van der Waals surface area contributed by atoms with Crippen molar-refractivity contribution < 1.29 is 4.39 Å². The third-order valence-corrected chi connectivity index (χ3v) is 3.40. The maximum atomic E-state index is 13.1. The molecule has 1 aromatic heterocycles. The number of rotatable bonds is 6. The van der Waals surface area contributed by atoms with Gasteiger partial charge in [-0.1, -0.05) is 12.1 Å². The lowest BCUT2D eigenvalue weighted by atomic mass is 10.1. The summed E-state index contributed by atoms with van der Waals surface area (Å²) in [4.78, 5) is 4.20. The van der Waals surface area contributed by atoms with Gasteiger partial charge >= 0.3 is 0 Å². The van der Waals surface area contributed by atoms with Crippen LogP contribution in [0.4, 0.5) is 4.39 Å². The number of halogens is 1. The minimum Gasteiger partial charge on any atom is -0.357 e. The molecule has 118 valence electrons. The molecule has 0 saturated heterocycles. The lowest BCUT2D eigenvalue weighted by Gasteiger charge is -2.11. The van der Waals surface area contributed by atoms with Gasteiger partial charge in [0, 0.05) is 39.6 Å².